The highest BCUT2D eigenvalue weighted by Crippen LogP contribution is 2.29. The van der Waals surface area contributed by atoms with E-state index < -0.39 is 6.10 Å². The van der Waals surface area contributed by atoms with Crippen molar-refractivity contribution in [3.05, 3.63) is 29.3 Å². The number of likely N-dealkylation sites (N-methyl/N-ethyl adjacent to an activating group) is 1. The third kappa shape index (κ3) is 2.47. The fourth-order valence-corrected chi connectivity index (χ4v) is 2.30. The van der Waals surface area contributed by atoms with Crippen molar-refractivity contribution in [2.24, 2.45) is 0 Å². The lowest BCUT2D eigenvalue weighted by Gasteiger charge is -2.28. The van der Waals surface area contributed by atoms with Gasteiger partial charge in [-0.1, -0.05) is 6.07 Å². The molecule has 2 atom stereocenters. The number of hydrogen-bond acceptors (Lipinski definition) is 4. The van der Waals surface area contributed by atoms with Gasteiger partial charge in [0.25, 0.3) is 0 Å². The van der Waals surface area contributed by atoms with Crippen LogP contribution in [0, 0.1) is 11.3 Å². The van der Waals surface area contributed by atoms with Crippen molar-refractivity contribution < 1.29 is 9.84 Å². The van der Waals surface area contributed by atoms with Gasteiger partial charge in [-0.25, -0.2) is 0 Å². The van der Waals surface area contributed by atoms with Crippen molar-refractivity contribution in [1.29, 1.82) is 5.26 Å². The molecule has 1 unspecified atom stereocenters. The third-order valence-electron chi connectivity index (χ3n) is 3.44. The fourth-order valence-electron chi connectivity index (χ4n) is 2.30. The third-order valence-corrected chi connectivity index (χ3v) is 3.44. The summed E-state index contributed by atoms with van der Waals surface area (Å²) < 4.78 is 5.39. The molecule has 2 rings (SSSR count). The van der Waals surface area contributed by atoms with Crippen molar-refractivity contribution >= 4 is 5.69 Å². The maximum Gasteiger partial charge on any atom is 0.0992 e. The Bertz CT molecular complexity index is 459. The minimum atomic E-state index is -0.544. The van der Waals surface area contributed by atoms with Gasteiger partial charge in [0.1, 0.15) is 0 Å². The van der Waals surface area contributed by atoms with Crippen molar-refractivity contribution in [2.45, 2.75) is 25.5 Å². The number of rotatable bonds is 3. The average molecular weight is 246 g/mol. The minimum absolute atomic E-state index is 0.316. The van der Waals surface area contributed by atoms with E-state index in [1.54, 1.807) is 13.0 Å². The monoisotopic (exact) mass is 246 g/mol. The average Bonchev–Trinajstić information content (AvgIpc) is 2.90. The molecule has 1 aromatic carbocycles. The van der Waals surface area contributed by atoms with E-state index in [1.165, 1.54) is 0 Å². The van der Waals surface area contributed by atoms with E-state index in [0.29, 0.717) is 18.2 Å². The second-order valence-corrected chi connectivity index (χ2v) is 4.69. The lowest BCUT2D eigenvalue weighted by atomic mass is 10.0. The molecule has 0 amide bonds. The first kappa shape index (κ1) is 12.9. The van der Waals surface area contributed by atoms with E-state index >= 15 is 0 Å². The molecule has 0 aromatic heterocycles. The van der Waals surface area contributed by atoms with E-state index in [-0.39, 0.29) is 0 Å². The van der Waals surface area contributed by atoms with Gasteiger partial charge < -0.3 is 14.7 Å². The number of benzene rings is 1. The van der Waals surface area contributed by atoms with Crippen LogP contribution < -0.4 is 4.90 Å². The number of nitrogens with zero attached hydrogens (tertiary/aromatic N) is 2. The Labute approximate surface area is 107 Å². The van der Waals surface area contributed by atoms with Gasteiger partial charge in [0.2, 0.25) is 0 Å². The topological polar surface area (TPSA) is 56.5 Å². The largest absolute Gasteiger partial charge is 0.389 e. The molecule has 4 heteroatoms. The van der Waals surface area contributed by atoms with E-state index in [4.69, 9.17) is 10.00 Å². The minimum Gasteiger partial charge on any atom is -0.389 e. The van der Waals surface area contributed by atoms with Gasteiger partial charge in [0.15, 0.2) is 0 Å². The van der Waals surface area contributed by atoms with E-state index in [9.17, 15) is 5.11 Å². The Morgan fingerprint density at radius 1 is 1.56 bits per heavy atom. The molecule has 1 heterocycles. The first-order chi connectivity index (χ1) is 8.63. The Hall–Kier alpha value is -1.57. The molecule has 1 N–H and O–H groups in total. The van der Waals surface area contributed by atoms with Gasteiger partial charge in [0, 0.05) is 24.9 Å². The molecule has 0 bridgehead atoms. The van der Waals surface area contributed by atoms with Crippen LogP contribution in [0.2, 0.25) is 0 Å². The molecule has 1 aromatic rings. The van der Waals surface area contributed by atoms with Gasteiger partial charge in [-0.15, -0.1) is 0 Å². The van der Waals surface area contributed by atoms with Gasteiger partial charge in [-0.05, 0) is 25.5 Å². The first-order valence-electron chi connectivity index (χ1n) is 6.16. The Balaban J connectivity index is 2.36. The van der Waals surface area contributed by atoms with Crippen molar-refractivity contribution in [3.8, 4) is 6.07 Å². The lowest BCUT2D eigenvalue weighted by Crippen LogP contribution is -2.32. The molecule has 4 nitrogen and oxygen atoms in total. The predicted molar refractivity (Wildman–Crippen MR) is 69.4 cm³/mol. The summed E-state index contributed by atoms with van der Waals surface area (Å²) in [6, 6.07) is 7.85. The van der Waals surface area contributed by atoms with Crippen LogP contribution in [0.3, 0.4) is 0 Å². The van der Waals surface area contributed by atoms with Crippen LogP contribution in [-0.4, -0.2) is 31.4 Å². The SMILES string of the molecule is C[C@H](O)c1ccc(C#N)cc1N(C)C1CCOC1. The summed E-state index contributed by atoms with van der Waals surface area (Å²) in [6.45, 7) is 3.22. The molecular weight excluding hydrogens is 228 g/mol. The van der Waals surface area contributed by atoms with Crippen LogP contribution in [0.15, 0.2) is 18.2 Å². The van der Waals surface area contributed by atoms with Crippen LogP contribution in [-0.2, 0) is 4.74 Å². The van der Waals surface area contributed by atoms with Crippen LogP contribution in [0.5, 0.6) is 0 Å². The smallest absolute Gasteiger partial charge is 0.0992 e. The Kier molecular flexibility index (Phi) is 3.85. The summed E-state index contributed by atoms with van der Waals surface area (Å²) in [5.74, 6) is 0. The van der Waals surface area contributed by atoms with Crippen LogP contribution in [0.25, 0.3) is 0 Å². The van der Waals surface area contributed by atoms with E-state index in [0.717, 1.165) is 24.3 Å². The molecule has 18 heavy (non-hydrogen) atoms. The highest BCUT2D eigenvalue weighted by molar-refractivity contribution is 5.58. The van der Waals surface area contributed by atoms with Gasteiger partial charge in [0.05, 0.1) is 30.4 Å². The van der Waals surface area contributed by atoms with Crippen molar-refractivity contribution in [1.82, 2.24) is 0 Å². The summed E-state index contributed by atoms with van der Waals surface area (Å²) in [7, 11) is 1.99. The molecule has 0 aliphatic carbocycles. The van der Waals surface area contributed by atoms with Gasteiger partial charge in [-0.3, -0.25) is 0 Å². The summed E-state index contributed by atoms with van der Waals surface area (Å²) >= 11 is 0. The molecule has 1 aliphatic heterocycles. The molecule has 1 saturated heterocycles. The number of anilines is 1. The second kappa shape index (κ2) is 5.38. The number of aliphatic hydroxyl groups excluding tert-OH is 1. The van der Waals surface area contributed by atoms with Crippen molar-refractivity contribution in [2.75, 3.05) is 25.2 Å². The zero-order chi connectivity index (χ0) is 13.1. The van der Waals surface area contributed by atoms with Crippen LogP contribution >= 0.6 is 0 Å². The standard InChI is InChI=1S/C14H18N2O2/c1-10(17)13-4-3-11(8-15)7-14(13)16(2)12-5-6-18-9-12/h3-4,7,10,12,17H,5-6,9H2,1-2H3/t10-,12?/m0/s1. The summed E-state index contributed by atoms with van der Waals surface area (Å²) in [5, 5.41) is 18.8. The molecule has 1 fully saturated rings. The molecule has 0 spiro atoms. The first-order valence-corrected chi connectivity index (χ1v) is 6.16. The van der Waals surface area contributed by atoms with Crippen LogP contribution in [0.4, 0.5) is 5.69 Å². The van der Waals surface area contributed by atoms with E-state index in [2.05, 4.69) is 11.0 Å². The number of ether oxygens (including phenoxy) is 1. The highest BCUT2D eigenvalue weighted by atomic mass is 16.5. The maximum atomic E-state index is 9.82. The van der Waals surface area contributed by atoms with Gasteiger partial charge >= 0.3 is 0 Å². The Morgan fingerprint density at radius 3 is 2.89 bits per heavy atom. The molecule has 1 aliphatic rings. The highest BCUT2D eigenvalue weighted by Gasteiger charge is 2.23. The van der Waals surface area contributed by atoms with Crippen molar-refractivity contribution in [3.63, 3.8) is 0 Å². The van der Waals surface area contributed by atoms with Crippen LogP contribution in [0.1, 0.15) is 30.6 Å². The second-order valence-electron chi connectivity index (χ2n) is 4.69. The zero-order valence-corrected chi connectivity index (χ0v) is 10.8. The summed E-state index contributed by atoms with van der Waals surface area (Å²) in [5.41, 5.74) is 2.38. The normalized spacial score (nSPS) is 20.4. The fraction of sp³-hybridized carbons (Fsp3) is 0.500. The molecule has 0 radical (unpaired) electrons. The predicted octanol–water partition coefficient (Wildman–Crippen LogP) is 1.84. The number of aliphatic hydroxyl groups is 1. The quantitative estimate of drug-likeness (QED) is 0.884. The summed E-state index contributed by atoms with van der Waals surface area (Å²) in [4.78, 5) is 2.11. The molecular formula is C14H18N2O2. The maximum absolute atomic E-state index is 9.82. The molecule has 96 valence electrons. The Morgan fingerprint density at radius 2 is 2.33 bits per heavy atom. The molecule has 0 saturated carbocycles. The van der Waals surface area contributed by atoms with Gasteiger partial charge in [-0.2, -0.15) is 5.26 Å². The lowest BCUT2D eigenvalue weighted by molar-refractivity contribution is 0.192. The van der Waals surface area contributed by atoms with E-state index in [1.807, 2.05) is 19.2 Å². The zero-order valence-electron chi connectivity index (χ0n) is 10.8. The number of hydrogen-bond donors (Lipinski definition) is 1. The summed E-state index contributed by atoms with van der Waals surface area (Å²) in [6.07, 6.45) is 0.435. The number of nitriles is 1.